The topological polar surface area (TPSA) is 34.9 Å². The van der Waals surface area contributed by atoms with E-state index in [-0.39, 0.29) is 5.78 Å². The molecule has 0 aliphatic rings. The maximum Gasteiger partial charge on any atom is 0.212 e. The first-order chi connectivity index (χ1) is 7.59. The molecule has 0 amide bonds. The molecule has 0 N–H and O–H groups in total. The van der Waals surface area contributed by atoms with Crippen LogP contribution in [0.5, 0.6) is 0 Å². The van der Waals surface area contributed by atoms with Gasteiger partial charge in [-0.3, -0.25) is 9.48 Å². The van der Waals surface area contributed by atoms with E-state index in [4.69, 9.17) is 0 Å². The van der Waals surface area contributed by atoms with Crippen molar-refractivity contribution in [2.24, 2.45) is 7.05 Å². The number of ketones is 1. The summed E-state index contributed by atoms with van der Waals surface area (Å²) in [5.41, 5.74) is 1.25. The second kappa shape index (κ2) is 4.67. The summed E-state index contributed by atoms with van der Waals surface area (Å²) in [4.78, 5) is 12.2. The van der Waals surface area contributed by atoms with Gasteiger partial charge in [0.05, 0.1) is 10.7 Å². The Balaban J connectivity index is 2.47. The maximum atomic E-state index is 12.2. The van der Waals surface area contributed by atoms with Crippen LogP contribution in [0.2, 0.25) is 0 Å². The number of aryl methyl sites for hydroxylation is 1. The lowest BCUT2D eigenvalue weighted by Gasteiger charge is -2.03. The number of halogens is 2. The van der Waals surface area contributed by atoms with Crippen LogP contribution in [-0.4, -0.2) is 15.6 Å². The minimum atomic E-state index is -0.0228. The predicted molar refractivity (Wildman–Crippen MR) is 73.5 cm³/mol. The molecule has 1 heterocycles. The summed E-state index contributed by atoms with van der Waals surface area (Å²) in [6, 6.07) is 7.50. The van der Waals surface area contributed by atoms with Crippen molar-refractivity contribution in [1.29, 1.82) is 0 Å². The summed E-state index contributed by atoms with van der Waals surface area (Å²) in [7, 11) is 1.76. The summed E-state index contributed by atoms with van der Waals surface area (Å²) in [6.07, 6.45) is 1.63. The molecule has 3 nitrogen and oxygen atoms in total. The van der Waals surface area contributed by atoms with Crippen molar-refractivity contribution in [2.75, 3.05) is 0 Å². The van der Waals surface area contributed by atoms with Crippen LogP contribution in [0.25, 0.3) is 0 Å². The molecule has 16 heavy (non-hydrogen) atoms. The van der Waals surface area contributed by atoms with E-state index in [9.17, 15) is 4.79 Å². The van der Waals surface area contributed by atoms with Crippen LogP contribution >= 0.6 is 38.5 Å². The van der Waals surface area contributed by atoms with Crippen molar-refractivity contribution in [3.05, 3.63) is 49.8 Å². The van der Waals surface area contributed by atoms with E-state index in [0.717, 1.165) is 8.04 Å². The number of rotatable bonds is 2. The minimum absolute atomic E-state index is 0.0228. The lowest BCUT2D eigenvalue weighted by molar-refractivity contribution is 0.102. The molecule has 0 fully saturated rings. The van der Waals surface area contributed by atoms with Crippen LogP contribution in [-0.2, 0) is 7.05 Å². The van der Waals surface area contributed by atoms with Crippen LogP contribution in [0.1, 0.15) is 16.1 Å². The molecule has 0 unspecified atom stereocenters. The number of hydrogen-bond donors (Lipinski definition) is 0. The smallest absolute Gasteiger partial charge is 0.212 e. The zero-order valence-electron chi connectivity index (χ0n) is 8.45. The average Bonchev–Trinajstić information content (AvgIpc) is 2.58. The highest BCUT2D eigenvalue weighted by atomic mass is 127. The Kier molecular flexibility index (Phi) is 3.44. The number of nitrogens with zero attached hydrogens (tertiary/aromatic N) is 2. The fourth-order valence-electron chi connectivity index (χ4n) is 1.43. The number of aromatic nitrogens is 2. The maximum absolute atomic E-state index is 12.2. The Hall–Kier alpha value is -0.690. The van der Waals surface area contributed by atoms with Gasteiger partial charge in [-0.05, 0) is 50.7 Å². The van der Waals surface area contributed by atoms with E-state index in [1.807, 2.05) is 24.3 Å². The Labute approximate surface area is 115 Å². The van der Waals surface area contributed by atoms with Gasteiger partial charge in [-0.15, -0.1) is 0 Å². The summed E-state index contributed by atoms with van der Waals surface area (Å²) in [5.74, 6) is -0.0228. The van der Waals surface area contributed by atoms with Crippen molar-refractivity contribution >= 4 is 44.3 Å². The van der Waals surface area contributed by atoms with Crippen molar-refractivity contribution in [2.45, 2.75) is 0 Å². The average molecular weight is 391 g/mol. The third-order valence-corrected chi connectivity index (χ3v) is 3.45. The van der Waals surface area contributed by atoms with E-state index in [2.05, 4.69) is 43.6 Å². The Bertz CT molecular complexity index is 531. The standard InChI is InChI=1S/C11H8BrIN2O/c1-15-10(9(12)6-14-15)11(16)7-3-2-4-8(13)5-7/h2-6H,1H3. The molecule has 0 spiro atoms. The highest BCUT2D eigenvalue weighted by molar-refractivity contribution is 14.1. The summed E-state index contributed by atoms with van der Waals surface area (Å²) in [6.45, 7) is 0. The van der Waals surface area contributed by atoms with Crippen molar-refractivity contribution in [1.82, 2.24) is 9.78 Å². The Morgan fingerprint density at radius 2 is 2.25 bits per heavy atom. The molecule has 0 aliphatic heterocycles. The molecule has 0 aliphatic carbocycles. The predicted octanol–water partition coefficient (Wildman–Crippen LogP) is 3.02. The fraction of sp³-hybridized carbons (Fsp3) is 0.0909. The first-order valence-corrected chi connectivity index (χ1v) is 6.44. The van der Waals surface area contributed by atoms with Crippen LogP contribution < -0.4 is 0 Å². The van der Waals surface area contributed by atoms with Crippen molar-refractivity contribution in [3.8, 4) is 0 Å². The van der Waals surface area contributed by atoms with E-state index in [1.54, 1.807) is 17.9 Å². The summed E-state index contributed by atoms with van der Waals surface area (Å²) < 4.78 is 3.34. The lowest BCUT2D eigenvalue weighted by atomic mass is 10.1. The lowest BCUT2D eigenvalue weighted by Crippen LogP contribution is -2.09. The molecular weight excluding hydrogens is 383 g/mol. The molecule has 1 aromatic heterocycles. The van der Waals surface area contributed by atoms with Gasteiger partial charge < -0.3 is 0 Å². The quantitative estimate of drug-likeness (QED) is 0.583. The third kappa shape index (κ3) is 2.20. The van der Waals surface area contributed by atoms with Gasteiger partial charge in [0.15, 0.2) is 0 Å². The summed E-state index contributed by atoms with van der Waals surface area (Å²) >= 11 is 5.52. The van der Waals surface area contributed by atoms with Gasteiger partial charge >= 0.3 is 0 Å². The number of carbonyl (C=O) groups excluding carboxylic acids is 1. The molecule has 82 valence electrons. The Morgan fingerprint density at radius 1 is 1.50 bits per heavy atom. The normalized spacial score (nSPS) is 10.4. The first kappa shape index (κ1) is 11.8. The molecule has 0 saturated heterocycles. The van der Waals surface area contributed by atoms with E-state index in [1.165, 1.54) is 0 Å². The third-order valence-electron chi connectivity index (χ3n) is 2.20. The van der Waals surface area contributed by atoms with E-state index < -0.39 is 0 Å². The van der Waals surface area contributed by atoms with Gasteiger partial charge in [-0.2, -0.15) is 5.10 Å². The number of carbonyl (C=O) groups is 1. The highest BCUT2D eigenvalue weighted by Gasteiger charge is 2.17. The molecule has 2 aromatic rings. The number of benzene rings is 1. The van der Waals surface area contributed by atoms with Gasteiger partial charge in [0.25, 0.3) is 0 Å². The van der Waals surface area contributed by atoms with Gasteiger partial charge in [0.2, 0.25) is 5.78 Å². The molecule has 0 bridgehead atoms. The SMILES string of the molecule is Cn1ncc(Br)c1C(=O)c1cccc(I)c1. The molecule has 1 aromatic carbocycles. The van der Waals surface area contributed by atoms with Gasteiger partial charge in [0, 0.05) is 16.2 Å². The number of hydrogen-bond acceptors (Lipinski definition) is 2. The van der Waals surface area contributed by atoms with Gasteiger partial charge in [-0.1, -0.05) is 12.1 Å². The Morgan fingerprint density at radius 3 is 2.81 bits per heavy atom. The van der Waals surface area contributed by atoms with Crippen LogP contribution in [0.15, 0.2) is 34.9 Å². The molecule has 0 saturated carbocycles. The molecule has 0 atom stereocenters. The molecule has 0 radical (unpaired) electrons. The van der Waals surface area contributed by atoms with Gasteiger partial charge in [-0.25, -0.2) is 0 Å². The van der Waals surface area contributed by atoms with Crippen LogP contribution in [0, 0.1) is 3.57 Å². The first-order valence-electron chi connectivity index (χ1n) is 4.57. The van der Waals surface area contributed by atoms with E-state index >= 15 is 0 Å². The van der Waals surface area contributed by atoms with Crippen LogP contribution in [0.4, 0.5) is 0 Å². The molecule has 2 rings (SSSR count). The highest BCUT2D eigenvalue weighted by Crippen LogP contribution is 2.19. The molecule has 5 heteroatoms. The second-order valence-corrected chi connectivity index (χ2v) is 5.40. The molecular formula is C11H8BrIN2O. The monoisotopic (exact) mass is 390 g/mol. The van der Waals surface area contributed by atoms with Crippen molar-refractivity contribution in [3.63, 3.8) is 0 Å². The van der Waals surface area contributed by atoms with Gasteiger partial charge in [0.1, 0.15) is 5.69 Å². The zero-order chi connectivity index (χ0) is 11.7. The van der Waals surface area contributed by atoms with Crippen LogP contribution in [0.3, 0.4) is 0 Å². The van der Waals surface area contributed by atoms with E-state index in [0.29, 0.717) is 11.3 Å². The zero-order valence-corrected chi connectivity index (χ0v) is 12.2. The fourth-order valence-corrected chi connectivity index (χ4v) is 2.50. The van der Waals surface area contributed by atoms with Crippen molar-refractivity contribution < 1.29 is 4.79 Å². The summed E-state index contributed by atoms with van der Waals surface area (Å²) in [5, 5.41) is 4.03. The second-order valence-electron chi connectivity index (χ2n) is 3.30. The largest absolute Gasteiger partial charge is 0.287 e. The minimum Gasteiger partial charge on any atom is -0.287 e.